The first-order chi connectivity index (χ1) is 28.6. The summed E-state index contributed by atoms with van der Waals surface area (Å²) in [6.07, 6.45) is 11.2. The van der Waals surface area contributed by atoms with E-state index in [9.17, 15) is 0 Å². The number of rotatable bonds is 5. The summed E-state index contributed by atoms with van der Waals surface area (Å²) >= 11 is 0. The number of hydrogen-bond acceptors (Lipinski definition) is 3. The fraction of sp³-hybridized carbons (Fsp3) is 0.148. The number of hydrogen-bond donors (Lipinski definition) is 0. The molecule has 0 saturated heterocycles. The standard InChI is InChI=1S/C54H41FN2O/c55-41-28-29-44-46(34-41)53(31-14-1-2-15-32-53)50-45-30-33-54(39-20-10-5-11-21-39,58-51(45)43-23-13-12-22-42(43)49(44)50)40-26-24-38(25-27-40)52-56-47(36-16-6-3-7-17-36)35-48(57-52)37-18-8-4-9-19-37/h3-13,16-30,33-35H,1-2,14-15,31-32H2. The molecule has 2 aliphatic carbocycles. The van der Waals surface area contributed by atoms with Crippen LogP contribution in [0.3, 0.4) is 0 Å². The molecule has 1 atom stereocenters. The van der Waals surface area contributed by atoms with Crippen molar-refractivity contribution in [1.82, 2.24) is 9.97 Å². The van der Waals surface area contributed by atoms with Crippen LogP contribution in [0.5, 0.6) is 5.75 Å². The largest absolute Gasteiger partial charge is 0.472 e. The van der Waals surface area contributed by atoms with Gasteiger partial charge in [-0.05, 0) is 64.8 Å². The van der Waals surface area contributed by atoms with Gasteiger partial charge in [0, 0.05) is 44.2 Å². The average molecular weight is 753 g/mol. The molecule has 1 saturated carbocycles. The zero-order valence-electron chi connectivity index (χ0n) is 32.2. The van der Waals surface area contributed by atoms with Crippen molar-refractivity contribution < 1.29 is 9.13 Å². The molecule has 7 aromatic carbocycles. The lowest BCUT2D eigenvalue weighted by atomic mass is 9.70. The van der Waals surface area contributed by atoms with Gasteiger partial charge in [-0.25, -0.2) is 14.4 Å². The molecule has 1 aliphatic heterocycles. The first-order valence-electron chi connectivity index (χ1n) is 20.6. The molecule has 0 radical (unpaired) electrons. The molecule has 1 unspecified atom stereocenters. The average Bonchev–Trinajstić information content (AvgIpc) is 3.39. The maximum Gasteiger partial charge on any atom is 0.178 e. The van der Waals surface area contributed by atoms with E-state index in [2.05, 4.69) is 121 Å². The van der Waals surface area contributed by atoms with Crippen LogP contribution in [0.1, 0.15) is 66.3 Å². The lowest BCUT2D eigenvalue weighted by Gasteiger charge is -2.39. The van der Waals surface area contributed by atoms with Gasteiger partial charge in [-0.3, -0.25) is 0 Å². The van der Waals surface area contributed by atoms with Crippen molar-refractivity contribution in [1.29, 1.82) is 0 Å². The van der Waals surface area contributed by atoms with E-state index in [-0.39, 0.29) is 11.2 Å². The minimum atomic E-state index is -0.917. The van der Waals surface area contributed by atoms with Crippen molar-refractivity contribution in [2.24, 2.45) is 0 Å². The molecule has 0 amide bonds. The third-order valence-corrected chi connectivity index (χ3v) is 12.8. The Morgan fingerprint density at radius 1 is 0.534 bits per heavy atom. The number of nitrogens with zero attached hydrogens (tertiary/aromatic N) is 2. The zero-order valence-corrected chi connectivity index (χ0v) is 32.2. The Labute approximate surface area is 338 Å². The third-order valence-electron chi connectivity index (χ3n) is 12.8. The van der Waals surface area contributed by atoms with Crippen molar-refractivity contribution >= 4 is 16.8 Å². The molecule has 11 rings (SSSR count). The molecular formula is C54H41FN2O. The quantitative estimate of drug-likeness (QED) is 0.176. The molecule has 3 nitrogen and oxygen atoms in total. The normalized spacial score (nSPS) is 17.6. The van der Waals surface area contributed by atoms with Crippen molar-refractivity contribution in [2.45, 2.75) is 49.5 Å². The Hall–Kier alpha value is -6.65. The molecule has 0 bridgehead atoms. The lowest BCUT2D eigenvalue weighted by molar-refractivity contribution is 0.163. The molecule has 4 heteroatoms. The molecule has 58 heavy (non-hydrogen) atoms. The number of fused-ring (bicyclic) bond motifs is 10. The van der Waals surface area contributed by atoms with Gasteiger partial charge in [-0.1, -0.05) is 177 Å². The summed E-state index contributed by atoms with van der Waals surface area (Å²) in [6.45, 7) is 0. The highest BCUT2D eigenvalue weighted by atomic mass is 19.1. The molecular weight excluding hydrogens is 712 g/mol. The predicted molar refractivity (Wildman–Crippen MR) is 233 cm³/mol. The Morgan fingerprint density at radius 3 is 1.78 bits per heavy atom. The van der Waals surface area contributed by atoms with Gasteiger partial charge in [0.2, 0.25) is 0 Å². The molecule has 1 spiro atoms. The van der Waals surface area contributed by atoms with E-state index in [0.29, 0.717) is 5.82 Å². The molecule has 1 fully saturated rings. The second-order valence-corrected chi connectivity index (χ2v) is 16.0. The maximum atomic E-state index is 15.2. The third kappa shape index (κ3) is 5.46. The van der Waals surface area contributed by atoms with E-state index in [1.54, 1.807) is 6.07 Å². The number of aromatic nitrogens is 2. The summed E-state index contributed by atoms with van der Waals surface area (Å²) in [5.41, 5.74) is 11.6. The zero-order chi connectivity index (χ0) is 38.7. The van der Waals surface area contributed by atoms with Gasteiger partial charge in [0.05, 0.1) is 11.4 Å². The van der Waals surface area contributed by atoms with Crippen molar-refractivity contribution in [2.75, 3.05) is 0 Å². The van der Waals surface area contributed by atoms with Crippen LogP contribution in [-0.4, -0.2) is 9.97 Å². The van der Waals surface area contributed by atoms with E-state index in [1.165, 1.54) is 24.0 Å². The van der Waals surface area contributed by atoms with Crippen LogP contribution in [0.15, 0.2) is 170 Å². The van der Waals surface area contributed by atoms with Crippen LogP contribution >= 0.6 is 0 Å². The van der Waals surface area contributed by atoms with E-state index in [4.69, 9.17) is 14.7 Å². The van der Waals surface area contributed by atoms with Crippen LogP contribution in [0.25, 0.3) is 61.9 Å². The second kappa shape index (κ2) is 13.8. The highest BCUT2D eigenvalue weighted by Gasteiger charge is 2.48. The molecule has 1 aromatic heterocycles. The number of ether oxygens (including phenoxy) is 1. The van der Waals surface area contributed by atoms with E-state index in [0.717, 1.165) is 98.1 Å². The van der Waals surface area contributed by atoms with Crippen LogP contribution in [-0.2, 0) is 11.0 Å². The number of benzene rings is 7. The second-order valence-electron chi connectivity index (χ2n) is 16.0. The van der Waals surface area contributed by atoms with Gasteiger partial charge in [-0.2, -0.15) is 0 Å². The van der Waals surface area contributed by atoms with Crippen molar-refractivity contribution in [3.63, 3.8) is 0 Å². The minimum Gasteiger partial charge on any atom is -0.472 e. The molecule has 8 aromatic rings. The Kier molecular flexibility index (Phi) is 8.21. The van der Waals surface area contributed by atoms with Gasteiger partial charge in [0.15, 0.2) is 11.4 Å². The van der Waals surface area contributed by atoms with Crippen molar-refractivity contribution in [3.05, 3.63) is 204 Å². The fourth-order valence-electron chi connectivity index (χ4n) is 10.1. The summed E-state index contributed by atoms with van der Waals surface area (Å²) in [5, 5.41) is 2.22. The van der Waals surface area contributed by atoms with E-state index in [1.807, 2.05) is 48.5 Å². The summed E-state index contributed by atoms with van der Waals surface area (Å²) < 4.78 is 22.9. The van der Waals surface area contributed by atoms with Crippen LogP contribution in [0.2, 0.25) is 0 Å². The van der Waals surface area contributed by atoms with Crippen molar-refractivity contribution in [3.8, 4) is 50.8 Å². The summed E-state index contributed by atoms with van der Waals surface area (Å²) in [6, 6.07) is 55.9. The van der Waals surface area contributed by atoms with E-state index >= 15 is 4.39 Å². The first-order valence-corrected chi connectivity index (χ1v) is 20.6. The Morgan fingerprint density at radius 2 is 1.12 bits per heavy atom. The van der Waals surface area contributed by atoms with Gasteiger partial charge in [0.25, 0.3) is 0 Å². The SMILES string of the molecule is Fc1ccc2c(c1)C1(CCCCCC1)c1c3c(c4ccccc4c1-2)OC(c1ccccc1)(c1ccc(-c2nc(-c4ccccc4)cc(-c4ccccc4)n2)cc1)C=C3. The predicted octanol–water partition coefficient (Wildman–Crippen LogP) is 13.7. The Bertz CT molecular complexity index is 2800. The molecule has 2 heterocycles. The van der Waals surface area contributed by atoms with Crippen LogP contribution in [0, 0.1) is 5.82 Å². The topological polar surface area (TPSA) is 35.0 Å². The lowest BCUT2D eigenvalue weighted by Crippen LogP contribution is -2.35. The van der Waals surface area contributed by atoms with Gasteiger partial charge in [-0.15, -0.1) is 0 Å². The number of halogens is 1. The highest BCUT2D eigenvalue weighted by Crippen LogP contribution is 2.61. The molecule has 3 aliphatic rings. The van der Waals surface area contributed by atoms with Crippen LogP contribution < -0.4 is 4.74 Å². The van der Waals surface area contributed by atoms with Crippen LogP contribution in [0.4, 0.5) is 4.39 Å². The van der Waals surface area contributed by atoms with Gasteiger partial charge >= 0.3 is 0 Å². The maximum absolute atomic E-state index is 15.2. The molecule has 0 N–H and O–H groups in total. The summed E-state index contributed by atoms with van der Waals surface area (Å²) in [7, 11) is 0. The van der Waals surface area contributed by atoms with E-state index < -0.39 is 5.60 Å². The minimum absolute atomic E-state index is 0.167. The first kappa shape index (κ1) is 34.6. The summed E-state index contributed by atoms with van der Waals surface area (Å²) in [4.78, 5) is 10.2. The highest BCUT2D eigenvalue weighted by molar-refractivity contribution is 6.08. The van der Waals surface area contributed by atoms with Gasteiger partial charge in [0.1, 0.15) is 11.6 Å². The monoisotopic (exact) mass is 752 g/mol. The smallest absolute Gasteiger partial charge is 0.178 e. The Balaban J connectivity index is 1.08. The fourth-order valence-corrected chi connectivity index (χ4v) is 10.1. The summed E-state index contributed by atoms with van der Waals surface area (Å²) in [5.74, 6) is 1.38. The molecule has 280 valence electrons. The van der Waals surface area contributed by atoms with Gasteiger partial charge < -0.3 is 4.74 Å².